The largest absolute Gasteiger partial charge is 0.369 e. The van der Waals surface area contributed by atoms with Gasteiger partial charge in [0.1, 0.15) is 4.90 Å². The van der Waals surface area contributed by atoms with E-state index in [1.165, 1.54) is 12.8 Å². The van der Waals surface area contributed by atoms with E-state index in [0.29, 0.717) is 51.1 Å². The van der Waals surface area contributed by atoms with Crippen molar-refractivity contribution in [2.45, 2.75) is 87.7 Å². The van der Waals surface area contributed by atoms with E-state index in [4.69, 9.17) is 16.3 Å². The highest BCUT2D eigenvalue weighted by Gasteiger charge is 2.39. The number of ether oxygens (including phenoxy) is 1. The highest BCUT2D eigenvalue weighted by Crippen LogP contribution is 2.37. The number of carbonyl (C=O) groups excluding carboxylic acids is 1. The molecule has 0 spiro atoms. The molecule has 8 nitrogen and oxygen atoms in total. The van der Waals surface area contributed by atoms with Crippen LogP contribution in [0.25, 0.3) is 0 Å². The van der Waals surface area contributed by atoms with Crippen molar-refractivity contribution in [3.63, 3.8) is 0 Å². The lowest BCUT2D eigenvalue weighted by Crippen LogP contribution is -2.47. The Morgan fingerprint density at radius 1 is 1.05 bits per heavy atom. The van der Waals surface area contributed by atoms with Crippen molar-refractivity contribution in [2.75, 3.05) is 45.9 Å². The molecule has 10 heteroatoms. The molecule has 0 saturated carbocycles. The summed E-state index contributed by atoms with van der Waals surface area (Å²) in [7, 11) is -3.71. The summed E-state index contributed by atoms with van der Waals surface area (Å²) in [6.07, 6.45) is 12.1. The number of amides is 1. The van der Waals surface area contributed by atoms with E-state index in [-0.39, 0.29) is 21.9 Å². The molecule has 1 aromatic heterocycles. The van der Waals surface area contributed by atoms with E-state index in [2.05, 4.69) is 16.0 Å². The average molecular weight is 617 g/mol. The topological polar surface area (TPSA) is 83.0 Å². The van der Waals surface area contributed by atoms with Gasteiger partial charge in [-0.2, -0.15) is 4.31 Å². The number of sulfonamides is 1. The van der Waals surface area contributed by atoms with Gasteiger partial charge in [-0.05, 0) is 89.1 Å². The van der Waals surface area contributed by atoms with Gasteiger partial charge in [0.25, 0.3) is 0 Å². The molecule has 3 saturated heterocycles. The second kappa shape index (κ2) is 14.2. The van der Waals surface area contributed by atoms with Crippen molar-refractivity contribution < 1.29 is 17.9 Å². The van der Waals surface area contributed by atoms with Crippen LogP contribution in [0.3, 0.4) is 0 Å². The van der Waals surface area contributed by atoms with Gasteiger partial charge in [-0.1, -0.05) is 36.2 Å². The molecule has 1 unspecified atom stereocenters. The molecule has 5 rings (SSSR count). The third-order valence-corrected chi connectivity index (χ3v) is 11.9. The Hall–Kier alpha value is -2.04. The number of carbonyl (C=O) groups is 1. The first kappa shape index (κ1) is 31.4. The molecule has 0 aliphatic carbocycles. The van der Waals surface area contributed by atoms with Gasteiger partial charge in [-0.3, -0.25) is 9.78 Å². The van der Waals surface area contributed by atoms with Crippen molar-refractivity contribution in [2.24, 2.45) is 0 Å². The fourth-order valence-corrected chi connectivity index (χ4v) is 9.44. The van der Waals surface area contributed by atoms with Crippen LogP contribution in [0.15, 0.2) is 47.6 Å². The lowest BCUT2D eigenvalue weighted by molar-refractivity contribution is -0.140. The van der Waals surface area contributed by atoms with Crippen molar-refractivity contribution >= 4 is 27.5 Å². The lowest BCUT2D eigenvalue weighted by atomic mass is 9.84. The van der Waals surface area contributed by atoms with Crippen molar-refractivity contribution in [3.05, 3.63) is 58.9 Å². The predicted octanol–water partition coefficient (Wildman–Crippen LogP) is 5.39. The Bertz CT molecular complexity index is 1270. The molecule has 42 heavy (non-hydrogen) atoms. The van der Waals surface area contributed by atoms with Crippen LogP contribution in [0.5, 0.6) is 0 Å². The summed E-state index contributed by atoms with van der Waals surface area (Å²) in [5.74, 6) is 0.138. The van der Waals surface area contributed by atoms with Gasteiger partial charge in [-0.15, -0.1) is 0 Å². The number of rotatable bonds is 11. The van der Waals surface area contributed by atoms with Gasteiger partial charge in [0.05, 0.1) is 17.2 Å². The van der Waals surface area contributed by atoms with Crippen molar-refractivity contribution in [1.82, 2.24) is 19.1 Å². The molecule has 3 fully saturated rings. The highest BCUT2D eigenvalue weighted by molar-refractivity contribution is 7.89. The summed E-state index contributed by atoms with van der Waals surface area (Å²) < 4.78 is 35.6. The van der Waals surface area contributed by atoms with Crippen LogP contribution in [-0.2, 0) is 25.2 Å². The number of likely N-dealkylation sites (tertiary alicyclic amines) is 2. The third kappa shape index (κ3) is 7.18. The van der Waals surface area contributed by atoms with E-state index in [0.717, 1.165) is 57.3 Å². The fourth-order valence-electron chi connectivity index (χ4n) is 6.93. The molecule has 3 aliphatic rings. The lowest BCUT2D eigenvalue weighted by Gasteiger charge is -2.42. The van der Waals surface area contributed by atoms with Gasteiger partial charge >= 0.3 is 0 Å². The zero-order valence-corrected chi connectivity index (χ0v) is 26.4. The minimum absolute atomic E-state index is 0.115. The first-order valence-corrected chi connectivity index (χ1v) is 17.4. The van der Waals surface area contributed by atoms with Crippen LogP contribution in [0, 0.1) is 6.92 Å². The van der Waals surface area contributed by atoms with E-state index >= 15 is 0 Å². The molecule has 1 atom stereocenters. The van der Waals surface area contributed by atoms with Gasteiger partial charge in [0.2, 0.25) is 15.9 Å². The number of pyridine rings is 1. The van der Waals surface area contributed by atoms with Gasteiger partial charge in [-0.25, -0.2) is 8.42 Å². The van der Waals surface area contributed by atoms with Gasteiger partial charge in [0.15, 0.2) is 0 Å². The molecule has 0 radical (unpaired) electrons. The van der Waals surface area contributed by atoms with Crippen LogP contribution >= 0.6 is 11.6 Å². The predicted molar refractivity (Wildman–Crippen MR) is 165 cm³/mol. The fraction of sp³-hybridized carbons (Fsp3) is 0.625. The molecule has 230 valence electrons. The number of halogens is 1. The second-order valence-corrected chi connectivity index (χ2v) is 14.3. The van der Waals surface area contributed by atoms with Crippen molar-refractivity contribution in [3.8, 4) is 0 Å². The minimum atomic E-state index is -3.71. The quantitative estimate of drug-likeness (QED) is 0.337. The van der Waals surface area contributed by atoms with Crippen LogP contribution < -0.4 is 0 Å². The standard InChI is InChI=1S/C32H45ClN4O4S/c1-26-9-6-13-29(33)31(26)42(39,40)37-20-3-2-11-28(37)12-7-14-30(38)36-21-15-32(16-22-36,27-10-8-17-34-25-27)41-24-23-35-18-4-5-19-35/h6,8-10,13,17,25,28H,2-5,7,11-12,14-16,18-24H2,1H3. The van der Waals surface area contributed by atoms with E-state index in [1.54, 1.807) is 35.6 Å². The van der Waals surface area contributed by atoms with Crippen LogP contribution in [0.1, 0.15) is 75.3 Å². The zero-order chi connectivity index (χ0) is 29.6. The number of benzene rings is 1. The normalized spacial score (nSPS) is 22.0. The Morgan fingerprint density at radius 3 is 2.52 bits per heavy atom. The van der Waals surface area contributed by atoms with E-state index < -0.39 is 15.6 Å². The molecule has 1 aromatic carbocycles. The summed E-state index contributed by atoms with van der Waals surface area (Å²) >= 11 is 6.36. The Labute approximate surface area is 256 Å². The monoisotopic (exact) mass is 616 g/mol. The van der Waals surface area contributed by atoms with Crippen molar-refractivity contribution in [1.29, 1.82) is 0 Å². The average Bonchev–Trinajstić information content (AvgIpc) is 3.51. The molecule has 1 amide bonds. The molecular formula is C32H45ClN4O4S. The second-order valence-electron chi connectivity index (χ2n) is 12.1. The molecule has 4 heterocycles. The maximum atomic E-state index is 13.7. The zero-order valence-electron chi connectivity index (χ0n) is 24.8. The summed E-state index contributed by atoms with van der Waals surface area (Å²) in [6, 6.07) is 9.14. The summed E-state index contributed by atoms with van der Waals surface area (Å²) in [4.78, 5) is 22.3. The summed E-state index contributed by atoms with van der Waals surface area (Å²) in [5.41, 5.74) is 1.33. The molecule has 0 bridgehead atoms. The summed E-state index contributed by atoms with van der Waals surface area (Å²) in [6.45, 7) is 7.49. The Morgan fingerprint density at radius 2 is 1.81 bits per heavy atom. The van der Waals surface area contributed by atoms with Gasteiger partial charge in [0, 0.05) is 56.6 Å². The van der Waals surface area contributed by atoms with E-state index in [1.807, 2.05) is 17.2 Å². The number of piperidine rings is 2. The highest BCUT2D eigenvalue weighted by atomic mass is 35.5. The molecule has 3 aliphatic heterocycles. The maximum Gasteiger partial charge on any atom is 0.245 e. The molecular weight excluding hydrogens is 572 g/mol. The first-order valence-electron chi connectivity index (χ1n) is 15.6. The number of aryl methyl sites for hydroxylation is 1. The van der Waals surface area contributed by atoms with Crippen LogP contribution in [0.2, 0.25) is 5.02 Å². The number of aromatic nitrogens is 1. The molecule has 0 N–H and O–H groups in total. The first-order chi connectivity index (χ1) is 20.3. The van der Waals surface area contributed by atoms with E-state index in [9.17, 15) is 13.2 Å². The Kier molecular flexibility index (Phi) is 10.6. The SMILES string of the molecule is Cc1cccc(Cl)c1S(=O)(=O)N1CCCCC1CCCC(=O)N1CCC(OCCN2CCCC2)(c2cccnc2)CC1. The molecule has 2 aromatic rings. The number of hydrogen-bond acceptors (Lipinski definition) is 6. The van der Waals surface area contributed by atoms with Crippen LogP contribution in [-0.4, -0.2) is 85.3 Å². The van der Waals surface area contributed by atoms with Crippen LogP contribution in [0.4, 0.5) is 0 Å². The van der Waals surface area contributed by atoms with Gasteiger partial charge < -0.3 is 14.5 Å². The third-order valence-electron chi connectivity index (χ3n) is 9.33. The smallest absolute Gasteiger partial charge is 0.245 e. The minimum Gasteiger partial charge on any atom is -0.369 e. The number of hydrogen-bond donors (Lipinski definition) is 0. The maximum absolute atomic E-state index is 13.7. The number of nitrogens with zero attached hydrogens (tertiary/aromatic N) is 4. The Balaban J connectivity index is 1.15. The summed E-state index contributed by atoms with van der Waals surface area (Å²) in [5, 5.41) is 0.266.